The van der Waals surface area contributed by atoms with Crippen LogP contribution in [0.5, 0.6) is 5.88 Å². The van der Waals surface area contributed by atoms with Crippen molar-refractivity contribution >= 4 is 21.6 Å². The molecule has 1 aromatic heterocycles. The highest BCUT2D eigenvalue weighted by Crippen LogP contribution is 2.26. The molecule has 0 atom stereocenters. The number of halogens is 1. The molecular weight excluding hydrogens is 268 g/mol. The topological polar surface area (TPSA) is 74.5 Å². The quantitative estimate of drug-likeness (QED) is 0.466. The van der Waals surface area contributed by atoms with Crippen LogP contribution in [0, 0.1) is 10.1 Å². The van der Waals surface area contributed by atoms with Crippen molar-refractivity contribution in [1.29, 1.82) is 0 Å². The van der Waals surface area contributed by atoms with Crippen LogP contribution < -0.4 is 4.74 Å². The van der Waals surface area contributed by atoms with Crippen molar-refractivity contribution in [3.05, 3.63) is 26.9 Å². The summed E-state index contributed by atoms with van der Waals surface area (Å²) < 4.78 is 10.4. The van der Waals surface area contributed by atoms with Gasteiger partial charge in [0.2, 0.25) is 0 Å². The third-order valence-corrected chi connectivity index (χ3v) is 1.96. The molecule has 1 rings (SSSR count). The lowest BCUT2D eigenvalue weighted by atomic mass is 10.4. The van der Waals surface area contributed by atoms with Gasteiger partial charge in [-0.3, -0.25) is 10.1 Å². The van der Waals surface area contributed by atoms with E-state index in [-0.39, 0.29) is 18.2 Å². The first kappa shape index (κ1) is 11.9. The number of aromatic nitrogens is 1. The van der Waals surface area contributed by atoms with E-state index in [1.807, 2.05) is 0 Å². The van der Waals surface area contributed by atoms with Crippen molar-refractivity contribution in [3.8, 4) is 5.88 Å². The molecule has 0 unspecified atom stereocenters. The number of methoxy groups -OCH3 is 1. The lowest BCUT2D eigenvalue weighted by molar-refractivity contribution is -0.386. The Bertz CT molecular complexity index is 358. The van der Waals surface area contributed by atoms with Gasteiger partial charge in [-0.15, -0.1) is 0 Å². The van der Waals surface area contributed by atoms with Crippen LogP contribution >= 0.6 is 15.9 Å². The molecule has 0 bridgehead atoms. The van der Waals surface area contributed by atoms with Crippen molar-refractivity contribution in [2.24, 2.45) is 0 Å². The average Bonchev–Trinajstić information content (AvgIpc) is 2.20. The minimum absolute atomic E-state index is 0.000231. The van der Waals surface area contributed by atoms with Crippen LogP contribution in [0.25, 0.3) is 0 Å². The van der Waals surface area contributed by atoms with Gasteiger partial charge in [-0.25, -0.2) is 4.98 Å². The van der Waals surface area contributed by atoms with Gasteiger partial charge in [-0.1, -0.05) is 0 Å². The molecule has 1 aromatic rings. The van der Waals surface area contributed by atoms with Crippen molar-refractivity contribution in [3.63, 3.8) is 0 Å². The zero-order chi connectivity index (χ0) is 11.3. The van der Waals surface area contributed by atoms with Gasteiger partial charge in [0.05, 0.1) is 11.5 Å². The van der Waals surface area contributed by atoms with Crippen LogP contribution in [0.15, 0.2) is 16.7 Å². The van der Waals surface area contributed by atoms with E-state index in [4.69, 9.17) is 9.47 Å². The fraction of sp³-hybridized carbons (Fsp3) is 0.375. The van der Waals surface area contributed by atoms with Crippen molar-refractivity contribution in [1.82, 2.24) is 4.98 Å². The molecule has 0 aliphatic carbocycles. The number of hydrogen-bond acceptors (Lipinski definition) is 5. The Morgan fingerprint density at radius 3 is 2.93 bits per heavy atom. The predicted molar refractivity (Wildman–Crippen MR) is 56.0 cm³/mol. The molecule has 82 valence electrons. The second-order valence-electron chi connectivity index (χ2n) is 2.58. The Kier molecular flexibility index (Phi) is 4.44. The number of nitrogens with zero attached hydrogens (tertiary/aromatic N) is 2. The van der Waals surface area contributed by atoms with E-state index in [2.05, 4.69) is 20.9 Å². The Labute approximate surface area is 94.5 Å². The van der Waals surface area contributed by atoms with Crippen LogP contribution in [-0.4, -0.2) is 30.2 Å². The van der Waals surface area contributed by atoms with Gasteiger partial charge < -0.3 is 9.47 Å². The minimum Gasteiger partial charge on any atom is -0.470 e. The second kappa shape index (κ2) is 5.62. The molecule has 15 heavy (non-hydrogen) atoms. The molecule has 0 radical (unpaired) electrons. The van der Waals surface area contributed by atoms with Gasteiger partial charge in [0.15, 0.2) is 0 Å². The summed E-state index contributed by atoms with van der Waals surface area (Å²) in [5.74, 6) is 0.000231. The first-order valence-electron chi connectivity index (χ1n) is 4.07. The normalized spacial score (nSPS) is 10.0. The van der Waals surface area contributed by atoms with Gasteiger partial charge in [0, 0.05) is 23.8 Å². The van der Waals surface area contributed by atoms with Crippen molar-refractivity contribution in [2.45, 2.75) is 0 Å². The molecule has 0 N–H and O–H groups in total. The molecule has 0 aliphatic heterocycles. The number of rotatable bonds is 5. The molecule has 0 saturated carbocycles. The van der Waals surface area contributed by atoms with E-state index >= 15 is 0 Å². The first-order chi connectivity index (χ1) is 7.15. The minimum atomic E-state index is -0.542. The predicted octanol–water partition coefficient (Wildman–Crippen LogP) is 1.78. The first-order valence-corrected chi connectivity index (χ1v) is 4.86. The van der Waals surface area contributed by atoms with Gasteiger partial charge in [-0.2, -0.15) is 0 Å². The monoisotopic (exact) mass is 276 g/mol. The standard InChI is InChI=1S/C8H9BrN2O4/c1-14-2-3-15-8-7(11(12)13)4-6(9)5-10-8/h4-5H,2-3H2,1H3. The smallest absolute Gasteiger partial charge is 0.332 e. The second-order valence-corrected chi connectivity index (χ2v) is 3.49. The molecule has 0 fully saturated rings. The van der Waals surface area contributed by atoms with Crippen LogP contribution in [-0.2, 0) is 4.74 Å². The Hall–Kier alpha value is -1.21. The van der Waals surface area contributed by atoms with E-state index in [0.717, 1.165) is 0 Å². The largest absolute Gasteiger partial charge is 0.470 e. The molecule has 0 spiro atoms. The average molecular weight is 277 g/mol. The highest BCUT2D eigenvalue weighted by atomic mass is 79.9. The number of pyridine rings is 1. The van der Waals surface area contributed by atoms with E-state index in [0.29, 0.717) is 11.1 Å². The van der Waals surface area contributed by atoms with Gasteiger partial charge in [-0.05, 0) is 15.9 Å². The van der Waals surface area contributed by atoms with Crippen molar-refractivity contribution < 1.29 is 14.4 Å². The lowest BCUT2D eigenvalue weighted by Crippen LogP contribution is -2.07. The maximum absolute atomic E-state index is 10.6. The van der Waals surface area contributed by atoms with E-state index in [1.54, 1.807) is 0 Å². The number of hydrogen-bond donors (Lipinski definition) is 0. The maximum atomic E-state index is 10.6. The zero-order valence-corrected chi connectivity index (χ0v) is 9.56. The molecule has 6 nitrogen and oxygen atoms in total. The summed E-state index contributed by atoms with van der Waals surface area (Å²) >= 11 is 3.10. The SMILES string of the molecule is COCCOc1ncc(Br)cc1[N+](=O)[O-]. The summed E-state index contributed by atoms with van der Waals surface area (Å²) in [6.45, 7) is 0.584. The molecule has 0 aromatic carbocycles. The molecule has 7 heteroatoms. The summed E-state index contributed by atoms with van der Waals surface area (Å²) in [7, 11) is 1.52. The summed E-state index contributed by atoms with van der Waals surface area (Å²) in [4.78, 5) is 13.9. The lowest BCUT2D eigenvalue weighted by Gasteiger charge is -2.04. The molecule has 0 saturated heterocycles. The third kappa shape index (κ3) is 3.45. The summed E-state index contributed by atoms with van der Waals surface area (Å²) in [5, 5.41) is 10.6. The highest BCUT2D eigenvalue weighted by molar-refractivity contribution is 9.10. The molecule has 0 aliphatic rings. The van der Waals surface area contributed by atoms with Crippen LogP contribution in [0.2, 0.25) is 0 Å². The van der Waals surface area contributed by atoms with Crippen LogP contribution in [0.4, 0.5) is 5.69 Å². The van der Waals surface area contributed by atoms with Crippen molar-refractivity contribution in [2.75, 3.05) is 20.3 Å². The summed E-state index contributed by atoms with van der Waals surface area (Å²) in [6, 6.07) is 1.34. The zero-order valence-electron chi connectivity index (χ0n) is 7.97. The molecule has 0 amide bonds. The van der Waals surface area contributed by atoms with Gasteiger partial charge in [0.25, 0.3) is 5.88 Å². The molecule has 1 heterocycles. The Morgan fingerprint density at radius 2 is 2.33 bits per heavy atom. The van der Waals surface area contributed by atoms with Gasteiger partial charge in [0.1, 0.15) is 6.61 Å². The van der Waals surface area contributed by atoms with Gasteiger partial charge >= 0.3 is 5.69 Å². The number of ether oxygens (including phenoxy) is 2. The Morgan fingerprint density at radius 1 is 1.60 bits per heavy atom. The highest BCUT2D eigenvalue weighted by Gasteiger charge is 2.17. The fourth-order valence-electron chi connectivity index (χ4n) is 0.880. The maximum Gasteiger partial charge on any atom is 0.332 e. The van der Waals surface area contributed by atoms with Crippen LogP contribution in [0.3, 0.4) is 0 Å². The molecular formula is C8H9BrN2O4. The number of nitro groups is 1. The van der Waals surface area contributed by atoms with E-state index in [9.17, 15) is 10.1 Å². The Balaban J connectivity index is 2.81. The summed E-state index contributed by atoms with van der Waals surface area (Å²) in [6.07, 6.45) is 1.44. The van der Waals surface area contributed by atoms with E-state index < -0.39 is 4.92 Å². The van der Waals surface area contributed by atoms with E-state index in [1.165, 1.54) is 19.4 Å². The fourth-order valence-corrected chi connectivity index (χ4v) is 1.20. The van der Waals surface area contributed by atoms with Crippen LogP contribution in [0.1, 0.15) is 0 Å². The summed E-state index contributed by atoms with van der Waals surface area (Å²) in [5.41, 5.74) is -0.166. The third-order valence-electron chi connectivity index (χ3n) is 1.52.